The van der Waals surface area contributed by atoms with Gasteiger partial charge in [0.2, 0.25) is 0 Å². The van der Waals surface area contributed by atoms with E-state index in [1.165, 1.54) is 0 Å². The van der Waals surface area contributed by atoms with Crippen LogP contribution in [0, 0.1) is 0 Å². The Hall–Kier alpha value is -1.38. The number of allylic oxidation sites excluding steroid dienone is 1. The second kappa shape index (κ2) is 4.03. The van der Waals surface area contributed by atoms with Gasteiger partial charge in [-0.3, -0.25) is 9.48 Å². The van der Waals surface area contributed by atoms with Crippen molar-refractivity contribution in [3.8, 4) is 0 Å². The number of carbonyl (C=O) groups is 1. The van der Waals surface area contributed by atoms with E-state index in [4.69, 9.17) is 0 Å². The highest BCUT2D eigenvalue weighted by Crippen LogP contribution is 2.08. The Balaban J connectivity index is 2.92. The average molecular weight is 178 g/mol. The molecule has 3 nitrogen and oxygen atoms in total. The molecule has 0 saturated carbocycles. The molecule has 70 valence electrons. The number of aryl methyl sites for hydroxylation is 2. The van der Waals surface area contributed by atoms with Gasteiger partial charge >= 0.3 is 0 Å². The lowest BCUT2D eigenvalue weighted by Crippen LogP contribution is -1.89. The van der Waals surface area contributed by atoms with Gasteiger partial charge in [-0.1, -0.05) is 6.92 Å². The summed E-state index contributed by atoms with van der Waals surface area (Å²) in [7, 11) is 1.88. The summed E-state index contributed by atoms with van der Waals surface area (Å²) in [4.78, 5) is 10.7. The SMILES string of the molecule is CCc1nn(C)cc1/C=C/C(C)=O. The number of hydrogen-bond acceptors (Lipinski definition) is 2. The van der Waals surface area contributed by atoms with Crippen molar-refractivity contribution < 1.29 is 4.79 Å². The van der Waals surface area contributed by atoms with Crippen LogP contribution in [0.5, 0.6) is 0 Å². The molecule has 0 atom stereocenters. The minimum absolute atomic E-state index is 0.0610. The Morgan fingerprint density at radius 2 is 2.38 bits per heavy atom. The maximum Gasteiger partial charge on any atom is 0.152 e. The molecule has 0 aliphatic heterocycles. The van der Waals surface area contributed by atoms with E-state index in [1.807, 2.05) is 26.2 Å². The molecule has 0 aliphatic carbocycles. The molecule has 0 amide bonds. The minimum atomic E-state index is 0.0610. The highest BCUT2D eigenvalue weighted by atomic mass is 16.1. The Labute approximate surface area is 78.1 Å². The first-order valence-electron chi connectivity index (χ1n) is 4.34. The van der Waals surface area contributed by atoms with Crippen molar-refractivity contribution in [2.75, 3.05) is 0 Å². The van der Waals surface area contributed by atoms with Crippen molar-refractivity contribution in [2.24, 2.45) is 7.05 Å². The lowest BCUT2D eigenvalue weighted by atomic mass is 10.2. The second-order valence-electron chi connectivity index (χ2n) is 3.00. The molecule has 0 spiro atoms. The van der Waals surface area contributed by atoms with Crippen molar-refractivity contribution in [3.05, 3.63) is 23.5 Å². The van der Waals surface area contributed by atoms with Gasteiger partial charge in [-0.05, 0) is 25.5 Å². The van der Waals surface area contributed by atoms with Gasteiger partial charge in [0.25, 0.3) is 0 Å². The smallest absolute Gasteiger partial charge is 0.152 e. The molecule has 0 bridgehead atoms. The summed E-state index contributed by atoms with van der Waals surface area (Å²) < 4.78 is 1.76. The zero-order valence-electron chi connectivity index (χ0n) is 8.24. The van der Waals surface area contributed by atoms with Crippen molar-refractivity contribution in [2.45, 2.75) is 20.3 Å². The lowest BCUT2D eigenvalue weighted by Gasteiger charge is -1.89. The highest BCUT2D eigenvalue weighted by molar-refractivity contribution is 5.91. The van der Waals surface area contributed by atoms with Gasteiger partial charge in [0.05, 0.1) is 5.69 Å². The van der Waals surface area contributed by atoms with Crippen molar-refractivity contribution >= 4 is 11.9 Å². The van der Waals surface area contributed by atoms with Crippen molar-refractivity contribution in [1.82, 2.24) is 9.78 Å². The van der Waals surface area contributed by atoms with Gasteiger partial charge in [0.15, 0.2) is 5.78 Å². The van der Waals surface area contributed by atoms with E-state index >= 15 is 0 Å². The molecule has 1 rings (SSSR count). The van der Waals surface area contributed by atoms with Gasteiger partial charge in [-0.15, -0.1) is 0 Å². The van der Waals surface area contributed by atoms with E-state index < -0.39 is 0 Å². The molecular weight excluding hydrogens is 164 g/mol. The number of rotatable bonds is 3. The van der Waals surface area contributed by atoms with Crippen LogP contribution < -0.4 is 0 Å². The Kier molecular flexibility index (Phi) is 3.01. The molecule has 1 aromatic rings. The van der Waals surface area contributed by atoms with Gasteiger partial charge < -0.3 is 0 Å². The van der Waals surface area contributed by atoms with Gasteiger partial charge in [0, 0.05) is 18.8 Å². The van der Waals surface area contributed by atoms with E-state index in [-0.39, 0.29) is 5.78 Å². The Bertz CT molecular complexity index is 337. The van der Waals surface area contributed by atoms with E-state index in [0.29, 0.717) is 0 Å². The van der Waals surface area contributed by atoms with E-state index in [0.717, 1.165) is 17.7 Å². The van der Waals surface area contributed by atoms with Crippen LogP contribution in [0.25, 0.3) is 6.08 Å². The summed E-state index contributed by atoms with van der Waals surface area (Å²) >= 11 is 0. The molecule has 1 aromatic heterocycles. The maximum absolute atomic E-state index is 10.7. The first-order chi connectivity index (χ1) is 6.13. The predicted molar refractivity (Wildman–Crippen MR) is 52.3 cm³/mol. The number of ketones is 1. The van der Waals surface area contributed by atoms with Crippen LogP contribution in [0.2, 0.25) is 0 Å². The third kappa shape index (κ3) is 2.54. The summed E-state index contributed by atoms with van der Waals surface area (Å²) in [5.74, 6) is 0.0610. The number of nitrogens with zero attached hydrogens (tertiary/aromatic N) is 2. The molecule has 0 aliphatic rings. The van der Waals surface area contributed by atoms with Crippen molar-refractivity contribution in [1.29, 1.82) is 0 Å². The monoisotopic (exact) mass is 178 g/mol. The first kappa shape index (κ1) is 9.71. The van der Waals surface area contributed by atoms with Crippen LogP contribution in [0.3, 0.4) is 0 Å². The lowest BCUT2D eigenvalue weighted by molar-refractivity contribution is -0.112. The van der Waals surface area contributed by atoms with Crippen LogP contribution in [0.1, 0.15) is 25.1 Å². The van der Waals surface area contributed by atoms with Crippen molar-refractivity contribution in [3.63, 3.8) is 0 Å². The molecule has 0 aromatic carbocycles. The summed E-state index contributed by atoms with van der Waals surface area (Å²) in [6, 6.07) is 0. The molecular formula is C10H14N2O. The summed E-state index contributed by atoms with van der Waals surface area (Å²) in [6.07, 6.45) is 6.18. The van der Waals surface area contributed by atoms with Crippen LogP contribution in [0.4, 0.5) is 0 Å². The maximum atomic E-state index is 10.7. The summed E-state index contributed by atoms with van der Waals surface area (Å²) in [6.45, 7) is 3.59. The fourth-order valence-electron chi connectivity index (χ4n) is 1.17. The molecule has 1 heterocycles. The number of hydrogen-bond donors (Lipinski definition) is 0. The molecule has 0 radical (unpaired) electrons. The molecule has 0 fully saturated rings. The molecule has 13 heavy (non-hydrogen) atoms. The topological polar surface area (TPSA) is 34.9 Å². The zero-order chi connectivity index (χ0) is 9.84. The molecule has 0 N–H and O–H groups in total. The van der Waals surface area contributed by atoms with Gasteiger partial charge in [0.1, 0.15) is 0 Å². The van der Waals surface area contributed by atoms with Gasteiger partial charge in [-0.2, -0.15) is 5.10 Å². The summed E-state index contributed by atoms with van der Waals surface area (Å²) in [5, 5.41) is 4.26. The normalized spacial score (nSPS) is 11.0. The molecule has 3 heteroatoms. The quantitative estimate of drug-likeness (QED) is 0.659. The number of aromatic nitrogens is 2. The molecule has 0 unspecified atom stereocenters. The molecule has 0 saturated heterocycles. The van der Waals surface area contributed by atoms with E-state index in [9.17, 15) is 4.79 Å². The minimum Gasteiger partial charge on any atom is -0.295 e. The average Bonchev–Trinajstić information content (AvgIpc) is 2.42. The Morgan fingerprint density at radius 3 is 2.92 bits per heavy atom. The standard InChI is InChI=1S/C10H14N2O/c1-4-10-9(6-5-8(2)13)7-12(3)11-10/h5-7H,4H2,1-3H3/b6-5+. The third-order valence-electron chi connectivity index (χ3n) is 1.77. The second-order valence-corrected chi connectivity index (χ2v) is 3.00. The van der Waals surface area contributed by atoms with Crippen LogP contribution in [-0.2, 0) is 18.3 Å². The van der Waals surface area contributed by atoms with Crippen LogP contribution in [-0.4, -0.2) is 15.6 Å². The van der Waals surface area contributed by atoms with Crippen LogP contribution >= 0.6 is 0 Å². The largest absolute Gasteiger partial charge is 0.295 e. The Morgan fingerprint density at radius 1 is 1.69 bits per heavy atom. The summed E-state index contributed by atoms with van der Waals surface area (Å²) in [5.41, 5.74) is 2.06. The fraction of sp³-hybridized carbons (Fsp3) is 0.400. The van der Waals surface area contributed by atoms with Gasteiger partial charge in [-0.25, -0.2) is 0 Å². The van der Waals surface area contributed by atoms with E-state index in [1.54, 1.807) is 17.7 Å². The van der Waals surface area contributed by atoms with E-state index in [2.05, 4.69) is 5.10 Å². The highest BCUT2D eigenvalue weighted by Gasteiger charge is 2.01. The number of carbonyl (C=O) groups excluding carboxylic acids is 1. The first-order valence-corrected chi connectivity index (χ1v) is 4.34. The van der Waals surface area contributed by atoms with Crippen LogP contribution in [0.15, 0.2) is 12.3 Å². The zero-order valence-corrected chi connectivity index (χ0v) is 8.24. The predicted octanol–water partition coefficient (Wildman–Crippen LogP) is 1.58. The fourth-order valence-corrected chi connectivity index (χ4v) is 1.17. The third-order valence-corrected chi connectivity index (χ3v) is 1.77.